The van der Waals surface area contributed by atoms with E-state index in [0.29, 0.717) is 5.92 Å². The second-order valence-electron chi connectivity index (χ2n) is 1.98. The molecular formula is C7H15N. The lowest BCUT2D eigenvalue weighted by atomic mass is 10.0. The summed E-state index contributed by atoms with van der Waals surface area (Å²) in [4.78, 5) is 0. The minimum Gasteiger partial charge on any atom is -0.330 e. The van der Waals surface area contributed by atoms with Crippen molar-refractivity contribution in [1.82, 2.24) is 0 Å². The van der Waals surface area contributed by atoms with Crippen LogP contribution in [0.3, 0.4) is 0 Å². The molecule has 1 heteroatoms. The highest BCUT2D eigenvalue weighted by Crippen LogP contribution is 2.06. The average molecular weight is 113 g/mol. The molecule has 0 amide bonds. The quantitative estimate of drug-likeness (QED) is 0.550. The predicted molar refractivity (Wildman–Crippen MR) is 37.6 cm³/mol. The minimum atomic E-state index is 0.639. The number of allylic oxidation sites excluding steroid dienone is 1. The van der Waals surface area contributed by atoms with Crippen LogP contribution in [0, 0.1) is 5.92 Å². The standard InChI is InChI=1S/C7H15N/c1-3-7(4-2)5-6-8/h3,7H,1,4-6,8H2,2H3. The second-order valence-corrected chi connectivity index (χ2v) is 1.98. The van der Waals surface area contributed by atoms with Gasteiger partial charge in [-0.05, 0) is 25.3 Å². The van der Waals surface area contributed by atoms with Crippen molar-refractivity contribution in [2.45, 2.75) is 19.8 Å². The Balaban J connectivity index is 3.21. The monoisotopic (exact) mass is 113 g/mol. The second kappa shape index (κ2) is 4.85. The van der Waals surface area contributed by atoms with Gasteiger partial charge in [0.25, 0.3) is 0 Å². The first kappa shape index (κ1) is 7.70. The summed E-state index contributed by atoms with van der Waals surface area (Å²) < 4.78 is 0. The van der Waals surface area contributed by atoms with E-state index in [2.05, 4.69) is 13.5 Å². The van der Waals surface area contributed by atoms with Gasteiger partial charge in [-0.3, -0.25) is 0 Å². The molecule has 0 aliphatic carbocycles. The lowest BCUT2D eigenvalue weighted by Crippen LogP contribution is -2.05. The number of nitrogens with two attached hydrogens (primary N) is 1. The third kappa shape index (κ3) is 2.80. The summed E-state index contributed by atoms with van der Waals surface area (Å²) in [6.45, 7) is 6.63. The largest absolute Gasteiger partial charge is 0.330 e. The smallest absolute Gasteiger partial charge is 0.00717 e. The van der Waals surface area contributed by atoms with E-state index in [1.807, 2.05) is 6.08 Å². The molecule has 0 bridgehead atoms. The van der Waals surface area contributed by atoms with E-state index in [1.165, 1.54) is 6.42 Å². The van der Waals surface area contributed by atoms with Crippen LogP contribution < -0.4 is 5.73 Å². The van der Waals surface area contributed by atoms with E-state index in [-0.39, 0.29) is 0 Å². The van der Waals surface area contributed by atoms with E-state index in [9.17, 15) is 0 Å². The molecule has 0 aliphatic heterocycles. The molecule has 0 aromatic heterocycles. The van der Waals surface area contributed by atoms with E-state index in [4.69, 9.17) is 5.73 Å². The maximum atomic E-state index is 5.33. The molecule has 1 atom stereocenters. The molecule has 0 spiro atoms. The zero-order chi connectivity index (χ0) is 6.41. The fourth-order valence-electron chi connectivity index (χ4n) is 0.703. The van der Waals surface area contributed by atoms with E-state index in [1.54, 1.807) is 0 Å². The molecule has 0 radical (unpaired) electrons. The molecule has 0 saturated carbocycles. The summed E-state index contributed by atoms with van der Waals surface area (Å²) >= 11 is 0. The Bertz CT molecular complexity index is 59.4. The van der Waals surface area contributed by atoms with Crippen molar-refractivity contribution in [3.05, 3.63) is 12.7 Å². The Morgan fingerprint density at radius 1 is 1.75 bits per heavy atom. The minimum absolute atomic E-state index is 0.639. The van der Waals surface area contributed by atoms with Crippen LogP contribution in [-0.2, 0) is 0 Å². The first-order valence-corrected chi connectivity index (χ1v) is 3.17. The highest BCUT2D eigenvalue weighted by molar-refractivity contribution is 4.77. The molecule has 0 fully saturated rings. The molecule has 1 nitrogen and oxygen atoms in total. The molecule has 0 aliphatic rings. The van der Waals surface area contributed by atoms with Crippen LogP contribution >= 0.6 is 0 Å². The van der Waals surface area contributed by atoms with Crippen LogP contribution in [0.2, 0.25) is 0 Å². The average Bonchev–Trinajstić information content (AvgIpc) is 1.83. The Kier molecular flexibility index (Phi) is 4.67. The molecule has 0 rings (SSSR count). The van der Waals surface area contributed by atoms with Crippen molar-refractivity contribution >= 4 is 0 Å². The number of rotatable bonds is 4. The maximum absolute atomic E-state index is 5.33. The van der Waals surface area contributed by atoms with E-state index >= 15 is 0 Å². The van der Waals surface area contributed by atoms with Crippen molar-refractivity contribution in [2.75, 3.05) is 6.54 Å². The Hall–Kier alpha value is -0.300. The van der Waals surface area contributed by atoms with Gasteiger partial charge in [-0.25, -0.2) is 0 Å². The SMILES string of the molecule is C=CC(CC)CCN. The Morgan fingerprint density at radius 2 is 2.38 bits per heavy atom. The van der Waals surface area contributed by atoms with Crippen LogP contribution in [-0.4, -0.2) is 6.54 Å². The third-order valence-corrected chi connectivity index (χ3v) is 1.40. The van der Waals surface area contributed by atoms with Gasteiger partial charge in [0.1, 0.15) is 0 Å². The van der Waals surface area contributed by atoms with Gasteiger partial charge in [0.15, 0.2) is 0 Å². The summed E-state index contributed by atoms with van der Waals surface area (Å²) in [6, 6.07) is 0. The van der Waals surface area contributed by atoms with E-state index in [0.717, 1.165) is 13.0 Å². The first-order valence-electron chi connectivity index (χ1n) is 3.17. The van der Waals surface area contributed by atoms with E-state index < -0.39 is 0 Å². The fourth-order valence-corrected chi connectivity index (χ4v) is 0.703. The summed E-state index contributed by atoms with van der Waals surface area (Å²) in [5.41, 5.74) is 5.33. The van der Waals surface area contributed by atoms with Crippen molar-refractivity contribution in [2.24, 2.45) is 11.7 Å². The topological polar surface area (TPSA) is 26.0 Å². The van der Waals surface area contributed by atoms with Gasteiger partial charge in [-0.1, -0.05) is 13.0 Å². The molecule has 0 aromatic carbocycles. The maximum Gasteiger partial charge on any atom is -0.00717 e. The van der Waals surface area contributed by atoms with Crippen molar-refractivity contribution in [3.63, 3.8) is 0 Å². The lowest BCUT2D eigenvalue weighted by Gasteiger charge is -2.04. The van der Waals surface area contributed by atoms with Crippen molar-refractivity contribution < 1.29 is 0 Å². The van der Waals surface area contributed by atoms with Gasteiger partial charge in [0.2, 0.25) is 0 Å². The molecule has 48 valence electrons. The van der Waals surface area contributed by atoms with Gasteiger partial charge in [0, 0.05) is 0 Å². The van der Waals surface area contributed by atoms with Crippen LogP contribution in [0.1, 0.15) is 19.8 Å². The molecule has 0 aromatic rings. The zero-order valence-corrected chi connectivity index (χ0v) is 5.56. The molecule has 1 unspecified atom stereocenters. The van der Waals surface area contributed by atoms with Crippen LogP contribution in [0.15, 0.2) is 12.7 Å². The van der Waals surface area contributed by atoms with Gasteiger partial charge in [-0.2, -0.15) is 0 Å². The Labute approximate surface area is 51.6 Å². The van der Waals surface area contributed by atoms with Gasteiger partial charge >= 0.3 is 0 Å². The highest BCUT2D eigenvalue weighted by atomic mass is 14.5. The highest BCUT2D eigenvalue weighted by Gasteiger charge is 1.95. The number of hydrogen-bond acceptors (Lipinski definition) is 1. The van der Waals surface area contributed by atoms with Gasteiger partial charge in [0.05, 0.1) is 0 Å². The molecular weight excluding hydrogens is 98.1 g/mol. The normalized spacial score (nSPS) is 13.2. The zero-order valence-electron chi connectivity index (χ0n) is 5.56. The molecule has 0 heterocycles. The van der Waals surface area contributed by atoms with Crippen molar-refractivity contribution in [3.8, 4) is 0 Å². The summed E-state index contributed by atoms with van der Waals surface area (Å²) in [5.74, 6) is 0.639. The van der Waals surface area contributed by atoms with Crippen LogP contribution in [0.4, 0.5) is 0 Å². The Morgan fingerprint density at radius 3 is 2.50 bits per heavy atom. The summed E-state index contributed by atoms with van der Waals surface area (Å²) in [6.07, 6.45) is 4.23. The third-order valence-electron chi connectivity index (χ3n) is 1.40. The summed E-state index contributed by atoms with van der Waals surface area (Å²) in [5, 5.41) is 0. The molecule has 2 N–H and O–H groups in total. The van der Waals surface area contributed by atoms with Gasteiger partial charge < -0.3 is 5.73 Å². The predicted octanol–water partition coefficient (Wildman–Crippen LogP) is 1.55. The number of hydrogen-bond donors (Lipinski definition) is 1. The lowest BCUT2D eigenvalue weighted by molar-refractivity contribution is 0.582. The van der Waals surface area contributed by atoms with Crippen LogP contribution in [0.25, 0.3) is 0 Å². The molecule has 8 heavy (non-hydrogen) atoms. The summed E-state index contributed by atoms with van der Waals surface area (Å²) in [7, 11) is 0. The van der Waals surface area contributed by atoms with Gasteiger partial charge in [-0.15, -0.1) is 6.58 Å². The van der Waals surface area contributed by atoms with Crippen molar-refractivity contribution in [1.29, 1.82) is 0 Å². The van der Waals surface area contributed by atoms with Crippen LogP contribution in [0.5, 0.6) is 0 Å². The fraction of sp³-hybridized carbons (Fsp3) is 0.714. The molecule has 0 saturated heterocycles. The first-order chi connectivity index (χ1) is 3.85.